The Morgan fingerprint density at radius 1 is 0.833 bits per heavy atom. The topological polar surface area (TPSA) is 65.9 Å². The van der Waals surface area contributed by atoms with Gasteiger partial charge >= 0.3 is 29.6 Å². The predicted molar refractivity (Wildman–Crippen MR) is 86.8 cm³/mol. The van der Waals surface area contributed by atoms with Crippen molar-refractivity contribution < 1.29 is 39.5 Å². The number of carbonyl (C=O) groups excluding carboxylic acids is 1. The largest absolute Gasteiger partial charge is 1.00 e. The van der Waals surface area contributed by atoms with Crippen LogP contribution in [0.2, 0.25) is 0 Å². The Morgan fingerprint density at radius 3 is 2.33 bits per heavy atom. The third-order valence-electron chi connectivity index (χ3n) is 3.98. The molecule has 4 nitrogen and oxygen atoms in total. The van der Waals surface area contributed by atoms with Crippen molar-refractivity contribution >= 4 is 27.5 Å². The molecule has 0 aliphatic heterocycles. The number of aromatic carboxylic acids is 1. The first-order valence-electron chi connectivity index (χ1n) is 7.16. The van der Waals surface area contributed by atoms with Crippen LogP contribution >= 0.6 is 0 Å². The van der Waals surface area contributed by atoms with Crippen molar-refractivity contribution in [2.24, 2.45) is 0 Å². The molecule has 0 fully saturated rings. The van der Waals surface area contributed by atoms with E-state index in [0.29, 0.717) is 0 Å². The number of benzene rings is 2. The van der Waals surface area contributed by atoms with E-state index in [-0.39, 0.29) is 35.1 Å². The maximum Gasteiger partial charge on any atom is 1.00 e. The zero-order valence-electron chi connectivity index (χ0n) is 13.1. The number of hydrogen-bond acceptors (Lipinski definition) is 4. The summed E-state index contributed by atoms with van der Waals surface area (Å²) in [5.74, 6) is -1.18. The molecule has 0 unspecified atom stereocenters. The molecule has 5 heteroatoms. The molecule has 0 amide bonds. The summed E-state index contributed by atoms with van der Waals surface area (Å²) in [6.45, 7) is 0. The smallest absolute Gasteiger partial charge is 0.545 e. The van der Waals surface area contributed by atoms with Crippen molar-refractivity contribution in [2.75, 3.05) is 0 Å². The van der Waals surface area contributed by atoms with Gasteiger partial charge in [-0.3, -0.25) is 9.97 Å². The molecule has 0 saturated heterocycles. The minimum absolute atomic E-state index is 0. The minimum atomic E-state index is -1.18. The van der Waals surface area contributed by atoms with Gasteiger partial charge in [0.15, 0.2) is 0 Å². The SMILES string of the molecule is O=C([O-])c1ccc2c(c1)cc(-c1ccncc1)c1ccncc12.[Na+]. The molecule has 24 heavy (non-hydrogen) atoms. The zero-order chi connectivity index (χ0) is 15.8. The molecule has 0 atom stereocenters. The van der Waals surface area contributed by atoms with Crippen LogP contribution in [0.5, 0.6) is 0 Å². The van der Waals surface area contributed by atoms with Crippen LogP contribution in [-0.2, 0) is 0 Å². The average Bonchev–Trinajstić information content (AvgIpc) is 2.61. The van der Waals surface area contributed by atoms with E-state index in [1.807, 2.05) is 24.3 Å². The van der Waals surface area contributed by atoms with Gasteiger partial charge < -0.3 is 9.90 Å². The van der Waals surface area contributed by atoms with E-state index in [1.54, 1.807) is 43.0 Å². The Bertz CT molecular complexity index is 1050. The van der Waals surface area contributed by atoms with E-state index in [4.69, 9.17) is 0 Å². The van der Waals surface area contributed by atoms with E-state index in [2.05, 4.69) is 9.97 Å². The fourth-order valence-corrected chi connectivity index (χ4v) is 2.90. The number of pyridine rings is 2. The third-order valence-corrected chi connectivity index (χ3v) is 3.98. The number of nitrogens with zero attached hydrogens (tertiary/aromatic N) is 2. The van der Waals surface area contributed by atoms with Gasteiger partial charge in [-0.2, -0.15) is 0 Å². The van der Waals surface area contributed by atoms with Crippen LogP contribution in [0.4, 0.5) is 0 Å². The number of carboxylic acids is 1. The van der Waals surface area contributed by atoms with Gasteiger partial charge in [0.2, 0.25) is 0 Å². The second kappa shape index (κ2) is 6.69. The molecule has 0 N–H and O–H groups in total. The first kappa shape index (κ1) is 16.6. The molecule has 0 saturated carbocycles. The van der Waals surface area contributed by atoms with Gasteiger partial charge in [0.25, 0.3) is 0 Å². The van der Waals surface area contributed by atoms with Crippen LogP contribution in [0.15, 0.2) is 67.3 Å². The molecule has 0 aliphatic rings. The predicted octanol–water partition coefficient (Wildman–Crippen LogP) is -0.183. The molecule has 110 valence electrons. The Kier molecular flexibility index (Phi) is 4.62. The van der Waals surface area contributed by atoms with Gasteiger partial charge in [-0.1, -0.05) is 12.1 Å². The fourth-order valence-electron chi connectivity index (χ4n) is 2.90. The normalized spacial score (nSPS) is 10.5. The molecular weight excluding hydrogens is 311 g/mol. The van der Waals surface area contributed by atoms with E-state index < -0.39 is 5.97 Å². The van der Waals surface area contributed by atoms with Gasteiger partial charge in [-0.25, -0.2) is 0 Å². The van der Waals surface area contributed by atoms with Gasteiger partial charge in [0, 0.05) is 30.2 Å². The van der Waals surface area contributed by atoms with E-state index in [9.17, 15) is 9.90 Å². The Morgan fingerprint density at radius 2 is 1.58 bits per heavy atom. The molecule has 2 aromatic carbocycles. The molecule has 0 spiro atoms. The first-order valence-corrected chi connectivity index (χ1v) is 7.16. The summed E-state index contributed by atoms with van der Waals surface area (Å²) in [5, 5.41) is 15.0. The summed E-state index contributed by atoms with van der Waals surface area (Å²) in [4.78, 5) is 19.4. The van der Waals surface area contributed by atoms with Crippen LogP contribution in [0, 0.1) is 0 Å². The second-order valence-electron chi connectivity index (χ2n) is 5.30. The summed E-state index contributed by atoms with van der Waals surface area (Å²) in [7, 11) is 0. The molecule has 2 aromatic heterocycles. The molecule has 4 rings (SSSR count). The van der Waals surface area contributed by atoms with Crippen LogP contribution in [0.25, 0.3) is 32.7 Å². The van der Waals surface area contributed by atoms with Crippen molar-refractivity contribution in [2.45, 2.75) is 0 Å². The summed E-state index contributed by atoms with van der Waals surface area (Å²) in [5.41, 5.74) is 2.21. The molecule has 0 radical (unpaired) electrons. The van der Waals surface area contributed by atoms with E-state index in [1.165, 1.54) is 0 Å². The van der Waals surface area contributed by atoms with Crippen molar-refractivity contribution in [3.8, 4) is 11.1 Å². The molecule has 0 bridgehead atoms. The first-order chi connectivity index (χ1) is 11.2. The van der Waals surface area contributed by atoms with Crippen LogP contribution in [0.3, 0.4) is 0 Å². The monoisotopic (exact) mass is 322 g/mol. The second-order valence-corrected chi connectivity index (χ2v) is 5.30. The third kappa shape index (κ3) is 2.80. The number of fused-ring (bicyclic) bond motifs is 3. The van der Waals surface area contributed by atoms with Crippen molar-refractivity contribution in [3.63, 3.8) is 0 Å². The van der Waals surface area contributed by atoms with Crippen LogP contribution in [-0.4, -0.2) is 15.9 Å². The maximum atomic E-state index is 11.1. The summed E-state index contributed by atoms with van der Waals surface area (Å²) >= 11 is 0. The molecule has 2 heterocycles. The maximum absolute atomic E-state index is 11.1. The van der Waals surface area contributed by atoms with E-state index >= 15 is 0 Å². The molecular formula is C19H11N2NaO2. The van der Waals surface area contributed by atoms with Gasteiger partial charge in [-0.05, 0) is 63.2 Å². The van der Waals surface area contributed by atoms with Gasteiger partial charge in [0.05, 0.1) is 5.97 Å². The van der Waals surface area contributed by atoms with Crippen LogP contribution < -0.4 is 34.7 Å². The Balaban J connectivity index is 0.00000169. The molecule has 4 aromatic rings. The zero-order valence-corrected chi connectivity index (χ0v) is 15.1. The number of carboxylic acid groups (broad SMARTS) is 1. The van der Waals surface area contributed by atoms with Crippen molar-refractivity contribution in [3.05, 3.63) is 72.8 Å². The fraction of sp³-hybridized carbons (Fsp3) is 0. The summed E-state index contributed by atoms with van der Waals surface area (Å²) in [6, 6.07) is 12.8. The summed E-state index contributed by atoms with van der Waals surface area (Å²) < 4.78 is 0. The Labute approximate surface area is 160 Å². The average molecular weight is 322 g/mol. The van der Waals surface area contributed by atoms with Gasteiger partial charge in [-0.15, -0.1) is 0 Å². The van der Waals surface area contributed by atoms with Gasteiger partial charge in [0.1, 0.15) is 0 Å². The quantitative estimate of drug-likeness (QED) is 0.379. The minimum Gasteiger partial charge on any atom is -0.545 e. The van der Waals surface area contributed by atoms with E-state index in [0.717, 1.165) is 32.7 Å². The molecule has 0 aliphatic carbocycles. The number of aromatic nitrogens is 2. The van der Waals surface area contributed by atoms with Crippen molar-refractivity contribution in [1.29, 1.82) is 0 Å². The standard InChI is InChI=1S/C19H12N2O2.Na/c22-19(23)13-1-2-15-14(9-13)10-17(12-3-6-20-7-4-12)16-5-8-21-11-18(15)16;/h1-11H,(H,22,23);/q;+1/p-1. The Hall–Kier alpha value is -2.27. The number of hydrogen-bond donors (Lipinski definition) is 0. The number of rotatable bonds is 2. The summed E-state index contributed by atoms with van der Waals surface area (Å²) in [6.07, 6.45) is 7.05. The van der Waals surface area contributed by atoms with Crippen molar-refractivity contribution in [1.82, 2.24) is 9.97 Å². The van der Waals surface area contributed by atoms with Crippen LogP contribution in [0.1, 0.15) is 10.4 Å². The number of carbonyl (C=O) groups is 1.